The first-order valence-corrected chi connectivity index (χ1v) is 6.48. The van der Waals surface area contributed by atoms with Gasteiger partial charge in [0, 0.05) is 9.13 Å². The van der Waals surface area contributed by atoms with Crippen LogP contribution in [-0.2, 0) is 0 Å². The third kappa shape index (κ3) is 2.87. The highest BCUT2D eigenvalue weighted by atomic mass is 127. The zero-order valence-corrected chi connectivity index (χ0v) is 11.9. The van der Waals surface area contributed by atoms with Crippen molar-refractivity contribution in [3.63, 3.8) is 0 Å². The molecule has 92 valence electrons. The Morgan fingerprint density at radius 3 is 2.67 bits per heavy atom. The first-order chi connectivity index (χ1) is 8.58. The van der Waals surface area contributed by atoms with E-state index in [4.69, 9.17) is 0 Å². The van der Waals surface area contributed by atoms with Crippen LogP contribution in [0.3, 0.4) is 0 Å². The van der Waals surface area contributed by atoms with Crippen LogP contribution in [0.4, 0.5) is 10.1 Å². The summed E-state index contributed by atoms with van der Waals surface area (Å²) in [7, 11) is 0. The average molecular weight is 355 g/mol. The van der Waals surface area contributed by atoms with Gasteiger partial charge in [0.15, 0.2) is 0 Å². The number of anilines is 1. The number of nitrogens with one attached hydrogen (secondary N) is 1. The molecule has 18 heavy (non-hydrogen) atoms. The Bertz CT molecular complexity index is 598. The molecule has 0 aliphatic carbocycles. The van der Waals surface area contributed by atoms with Gasteiger partial charge in [0.1, 0.15) is 5.82 Å². The summed E-state index contributed by atoms with van der Waals surface area (Å²) in [6, 6.07) is 11.6. The van der Waals surface area contributed by atoms with Crippen molar-refractivity contribution in [2.24, 2.45) is 0 Å². The van der Waals surface area contributed by atoms with Crippen LogP contribution in [-0.4, -0.2) is 5.91 Å². The standard InChI is InChI=1S/C14H11FINO/c1-9-6-7-10(15)8-11(9)14(18)17-13-5-3-2-4-12(13)16/h2-8H,1H3,(H,17,18). The monoisotopic (exact) mass is 355 g/mol. The molecule has 0 aliphatic heterocycles. The molecule has 0 unspecified atom stereocenters. The van der Waals surface area contributed by atoms with Crippen LogP contribution in [0, 0.1) is 16.3 Å². The predicted molar refractivity (Wildman–Crippen MR) is 78.2 cm³/mol. The van der Waals surface area contributed by atoms with E-state index in [0.717, 1.165) is 14.8 Å². The number of aryl methyl sites for hydroxylation is 1. The summed E-state index contributed by atoms with van der Waals surface area (Å²) in [6.07, 6.45) is 0. The minimum atomic E-state index is -0.409. The molecule has 2 rings (SSSR count). The van der Waals surface area contributed by atoms with Gasteiger partial charge in [0.05, 0.1) is 5.69 Å². The third-order valence-corrected chi connectivity index (χ3v) is 3.51. The van der Waals surface area contributed by atoms with Crippen molar-refractivity contribution in [2.45, 2.75) is 6.92 Å². The number of benzene rings is 2. The number of carbonyl (C=O) groups is 1. The van der Waals surface area contributed by atoms with Gasteiger partial charge in [0.2, 0.25) is 0 Å². The Labute approximate surface area is 118 Å². The van der Waals surface area contributed by atoms with Crippen LogP contribution in [0.1, 0.15) is 15.9 Å². The molecule has 2 aromatic carbocycles. The van der Waals surface area contributed by atoms with Gasteiger partial charge in [0.25, 0.3) is 5.91 Å². The van der Waals surface area contributed by atoms with Crippen molar-refractivity contribution in [3.05, 3.63) is 63.0 Å². The maximum atomic E-state index is 13.1. The maximum Gasteiger partial charge on any atom is 0.256 e. The van der Waals surface area contributed by atoms with E-state index in [1.807, 2.05) is 24.3 Å². The molecule has 1 N–H and O–H groups in total. The van der Waals surface area contributed by atoms with Gasteiger partial charge in [-0.2, -0.15) is 0 Å². The van der Waals surface area contributed by atoms with Gasteiger partial charge in [-0.25, -0.2) is 4.39 Å². The first-order valence-electron chi connectivity index (χ1n) is 5.40. The number of amides is 1. The Morgan fingerprint density at radius 1 is 1.22 bits per heavy atom. The van der Waals surface area contributed by atoms with Gasteiger partial charge < -0.3 is 5.32 Å². The maximum absolute atomic E-state index is 13.1. The second kappa shape index (κ2) is 5.48. The summed E-state index contributed by atoms with van der Waals surface area (Å²) in [5.41, 5.74) is 1.83. The average Bonchev–Trinajstić information content (AvgIpc) is 2.35. The lowest BCUT2D eigenvalue weighted by molar-refractivity contribution is 0.102. The fraction of sp³-hybridized carbons (Fsp3) is 0.0714. The number of rotatable bonds is 2. The molecule has 2 aromatic rings. The second-order valence-corrected chi connectivity index (χ2v) is 5.06. The second-order valence-electron chi connectivity index (χ2n) is 3.89. The molecule has 2 nitrogen and oxygen atoms in total. The molecule has 1 amide bonds. The lowest BCUT2D eigenvalue weighted by Crippen LogP contribution is -2.14. The predicted octanol–water partition coefficient (Wildman–Crippen LogP) is 3.99. The smallest absolute Gasteiger partial charge is 0.256 e. The molecule has 0 aromatic heterocycles. The van der Waals surface area contributed by atoms with E-state index >= 15 is 0 Å². The Morgan fingerprint density at radius 2 is 1.94 bits per heavy atom. The summed E-state index contributed by atoms with van der Waals surface area (Å²) < 4.78 is 14.1. The number of para-hydroxylation sites is 1. The van der Waals surface area contributed by atoms with E-state index < -0.39 is 5.82 Å². The molecule has 0 fully saturated rings. The molecule has 0 bridgehead atoms. The van der Waals surface area contributed by atoms with Gasteiger partial charge in [-0.3, -0.25) is 4.79 Å². The molecule has 0 saturated carbocycles. The van der Waals surface area contributed by atoms with Crippen molar-refractivity contribution >= 4 is 34.2 Å². The van der Waals surface area contributed by atoms with E-state index in [1.54, 1.807) is 13.0 Å². The fourth-order valence-corrected chi connectivity index (χ4v) is 2.11. The van der Waals surface area contributed by atoms with Crippen molar-refractivity contribution in [3.8, 4) is 0 Å². The van der Waals surface area contributed by atoms with Gasteiger partial charge in [-0.05, 0) is 59.3 Å². The summed E-state index contributed by atoms with van der Waals surface area (Å²) in [5.74, 6) is -0.704. The van der Waals surface area contributed by atoms with Gasteiger partial charge in [-0.1, -0.05) is 18.2 Å². The quantitative estimate of drug-likeness (QED) is 0.811. The minimum absolute atomic E-state index is 0.295. The van der Waals surface area contributed by atoms with Crippen LogP contribution in [0.25, 0.3) is 0 Å². The molecule has 0 saturated heterocycles. The number of hydrogen-bond donors (Lipinski definition) is 1. The Hall–Kier alpha value is -1.43. The Balaban J connectivity index is 2.28. The molecule has 0 aliphatic rings. The lowest BCUT2D eigenvalue weighted by Gasteiger charge is -2.09. The summed E-state index contributed by atoms with van der Waals surface area (Å²) in [4.78, 5) is 12.1. The zero-order chi connectivity index (χ0) is 13.1. The molecule has 4 heteroatoms. The van der Waals surface area contributed by atoms with E-state index in [-0.39, 0.29) is 5.91 Å². The highest BCUT2D eigenvalue weighted by molar-refractivity contribution is 14.1. The summed E-state index contributed by atoms with van der Waals surface area (Å²) in [6.45, 7) is 1.78. The number of hydrogen-bond acceptors (Lipinski definition) is 1. The highest BCUT2D eigenvalue weighted by Crippen LogP contribution is 2.19. The van der Waals surface area contributed by atoms with E-state index in [9.17, 15) is 9.18 Å². The largest absolute Gasteiger partial charge is 0.321 e. The first kappa shape index (κ1) is 13.0. The lowest BCUT2D eigenvalue weighted by atomic mass is 10.1. The normalized spacial score (nSPS) is 10.2. The zero-order valence-electron chi connectivity index (χ0n) is 9.71. The van der Waals surface area contributed by atoms with Gasteiger partial charge >= 0.3 is 0 Å². The molecule has 0 heterocycles. The molecular formula is C14H11FINO. The van der Waals surface area contributed by atoms with Crippen molar-refractivity contribution in [2.75, 3.05) is 5.32 Å². The number of carbonyl (C=O) groups excluding carboxylic acids is 1. The topological polar surface area (TPSA) is 29.1 Å². The van der Waals surface area contributed by atoms with Crippen molar-refractivity contribution in [1.82, 2.24) is 0 Å². The van der Waals surface area contributed by atoms with Crippen molar-refractivity contribution in [1.29, 1.82) is 0 Å². The molecule has 0 radical (unpaired) electrons. The Kier molecular flexibility index (Phi) is 3.96. The third-order valence-electron chi connectivity index (χ3n) is 2.57. The molecular weight excluding hydrogens is 344 g/mol. The summed E-state index contributed by atoms with van der Waals surface area (Å²) >= 11 is 2.14. The summed E-state index contributed by atoms with van der Waals surface area (Å²) in [5, 5.41) is 2.78. The number of halogens is 2. The van der Waals surface area contributed by atoms with Gasteiger partial charge in [-0.15, -0.1) is 0 Å². The molecule has 0 spiro atoms. The van der Waals surface area contributed by atoms with Crippen LogP contribution >= 0.6 is 22.6 Å². The SMILES string of the molecule is Cc1ccc(F)cc1C(=O)Nc1ccccc1I. The van der Waals surface area contributed by atoms with Crippen LogP contribution in [0.15, 0.2) is 42.5 Å². The van der Waals surface area contributed by atoms with Crippen LogP contribution in [0.2, 0.25) is 0 Å². The van der Waals surface area contributed by atoms with Crippen molar-refractivity contribution < 1.29 is 9.18 Å². The minimum Gasteiger partial charge on any atom is -0.321 e. The van der Waals surface area contributed by atoms with Crippen LogP contribution in [0.5, 0.6) is 0 Å². The van der Waals surface area contributed by atoms with E-state index in [1.165, 1.54) is 12.1 Å². The van der Waals surface area contributed by atoms with Crippen LogP contribution < -0.4 is 5.32 Å². The fourth-order valence-electron chi connectivity index (χ4n) is 1.59. The molecule has 0 atom stereocenters. The van der Waals surface area contributed by atoms with E-state index in [0.29, 0.717) is 5.56 Å². The van der Waals surface area contributed by atoms with E-state index in [2.05, 4.69) is 27.9 Å². The highest BCUT2D eigenvalue weighted by Gasteiger charge is 2.11.